The zero-order valence-corrected chi connectivity index (χ0v) is 14.9. The van der Waals surface area contributed by atoms with Crippen LogP contribution in [0.15, 0.2) is 30.3 Å². The SMILES string of the molecule is COC(=O)[C@@H](Cc1ccccc1)NC(=O)C12CC3CC(CC(C3)C1)C2. The Morgan fingerprint density at radius 1 is 1.08 bits per heavy atom. The molecule has 1 atom stereocenters. The standard InChI is InChI=1S/C21H27NO3/c1-25-19(23)18(10-14-5-3-2-4-6-14)22-20(24)21-11-15-7-16(12-21)9-17(8-15)13-21/h2-6,15-18H,7-13H2,1H3,(H,22,24)/t15?,16?,17?,18-,21?/m1/s1. The molecule has 0 unspecified atom stereocenters. The molecule has 0 aromatic heterocycles. The van der Waals surface area contributed by atoms with Gasteiger partial charge < -0.3 is 10.1 Å². The fourth-order valence-electron chi connectivity index (χ4n) is 5.89. The van der Waals surface area contributed by atoms with E-state index < -0.39 is 6.04 Å². The maximum Gasteiger partial charge on any atom is 0.328 e. The molecule has 4 nitrogen and oxygen atoms in total. The summed E-state index contributed by atoms with van der Waals surface area (Å²) in [5.41, 5.74) is 0.793. The number of methoxy groups -OCH3 is 1. The smallest absolute Gasteiger partial charge is 0.328 e. The molecule has 4 aliphatic rings. The van der Waals surface area contributed by atoms with Crippen LogP contribution in [-0.4, -0.2) is 25.0 Å². The summed E-state index contributed by atoms with van der Waals surface area (Å²) >= 11 is 0. The first-order chi connectivity index (χ1) is 12.1. The van der Waals surface area contributed by atoms with Crippen LogP contribution in [0.2, 0.25) is 0 Å². The molecule has 5 rings (SSSR count). The van der Waals surface area contributed by atoms with Gasteiger partial charge in [0.25, 0.3) is 0 Å². The maximum atomic E-state index is 13.2. The third-order valence-electron chi connectivity index (χ3n) is 6.59. The summed E-state index contributed by atoms with van der Waals surface area (Å²) in [6.45, 7) is 0. The van der Waals surface area contributed by atoms with Crippen molar-refractivity contribution in [3.05, 3.63) is 35.9 Å². The van der Waals surface area contributed by atoms with Gasteiger partial charge in [-0.25, -0.2) is 4.79 Å². The maximum absolute atomic E-state index is 13.2. The van der Waals surface area contributed by atoms with Crippen LogP contribution in [0, 0.1) is 23.2 Å². The summed E-state index contributed by atoms with van der Waals surface area (Å²) in [4.78, 5) is 25.4. The topological polar surface area (TPSA) is 55.4 Å². The molecular formula is C21H27NO3. The van der Waals surface area contributed by atoms with Crippen molar-refractivity contribution >= 4 is 11.9 Å². The van der Waals surface area contributed by atoms with Crippen LogP contribution in [0.25, 0.3) is 0 Å². The van der Waals surface area contributed by atoms with Crippen LogP contribution in [0.1, 0.15) is 44.1 Å². The van der Waals surface area contributed by atoms with Gasteiger partial charge in [0.2, 0.25) is 5.91 Å². The van der Waals surface area contributed by atoms with Gasteiger partial charge in [0.1, 0.15) is 6.04 Å². The lowest BCUT2D eigenvalue weighted by molar-refractivity contribution is -0.152. The third kappa shape index (κ3) is 3.19. The predicted molar refractivity (Wildman–Crippen MR) is 94.7 cm³/mol. The lowest BCUT2D eigenvalue weighted by Gasteiger charge is -2.55. The summed E-state index contributed by atoms with van der Waals surface area (Å²) < 4.78 is 4.95. The molecule has 4 saturated carbocycles. The Bertz CT molecular complexity index is 619. The first-order valence-corrected chi connectivity index (χ1v) is 9.51. The van der Waals surface area contributed by atoms with E-state index in [1.807, 2.05) is 30.3 Å². The molecule has 4 bridgehead atoms. The molecule has 0 heterocycles. The molecule has 1 aromatic rings. The number of nitrogens with one attached hydrogen (secondary N) is 1. The first-order valence-electron chi connectivity index (χ1n) is 9.51. The summed E-state index contributed by atoms with van der Waals surface area (Å²) in [5, 5.41) is 3.06. The Kier molecular flexibility index (Phi) is 4.30. The predicted octanol–water partition coefficient (Wildman–Crippen LogP) is 3.10. The fraction of sp³-hybridized carbons (Fsp3) is 0.619. The number of carbonyl (C=O) groups excluding carboxylic acids is 2. The molecule has 4 fully saturated rings. The Balaban J connectivity index is 1.50. The lowest BCUT2D eigenvalue weighted by Crippen LogP contribution is -2.56. The molecule has 1 aromatic carbocycles. The molecule has 4 aliphatic carbocycles. The highest BCUT2D eigenvalue weighted by Crippen LogP contribution is 2.60. The minimum Gasteiger partial charge on any atom is -0.467 e. The van der Waals surface area contributed by atoms with Gasteiger partial charge in [0.05, 0.1) is 7.11 Å². The quantitative estimate of drug-likeness (QED) is 0.837. The second-order valence-electron chi connectivity index (χ2n) is 8.44. The van der Waals surface area contributed by atoms with E-state index in [1.165, 1.54) is 26.4 Å². The monoisotopic (exact) mass is 341 g/mol. The van der Waals surface area contributed by atoms with Crippen molar-refractivity contribution in [2.24, 2.45) is 23.2 Å². The van der Waals surface area contributed by atoms with Gasteiger partial charge in [-0.2, -0.15) is 0 Å². The summed E-state index contributed by atoms with van der Waals surface area (Å²) in [7, 11) is 1.39. The largest absolute Gasteiger partial charge is 0.467 e. The van der Waals surface area contributed by atoms with Gasteiger partial charge in [-0.05, 0) is 61.8 Å². The average Bonchev–Trinajstić information content (AvgIpc) is 2.60. The van der Waals surface area contributed by atoms with Crippen molar-refractivity contribution in [2.75, 3.05) is 7.11 Å². The normalized spacial score (nSPS) is 33.7. The molecule has 1 N–H and O–H groups in total. The van der Waals surface area contributed by atoms with Crippen molar-refractivity contribution in [1.82, 2.24) is 5.32 Å². The van der Waals surface area contributed by atoms with Crippen molar-refractivity contribution in [1.29, 1.82) is 0 Å². The Labute approximate surface area is 149 Å². The van der Waals surface area contributed by atoms with E-state index in [0.29, 0.717) is 24.2 Å². The van der Waals surface area contributed by atoms with E-state index in [2.05, 4.69) is 5.32 Å². The van der Waals surface area contributed by atoms with Crippen molar-refractivity contribution < 1.29 is 14.3 Å². The second kappa shape index (κ2) is 6.47. The van der Waals surface area contributed by atoms with Gasteiger partial charge in [-0.3, -0.25) is 4.79 Å². The zero-order chi connectivity index (χ0) is 17.4. The first kappa shape index (κ1) is 16.6. The highest BCUT2D eigenvalue weighted by atomic mass is 16.5. The molecule has 0 radical (unpaired) electrons. The summed E-state index contributed by atoms with van der Waals surface area (Å²) in [6.07, 6.45) is 7.40. The molecule has 0 saturated heterocycles. The van der Waals surface area contributed by atoms with E-state index in [4.69, 9.17) is 4.74 Å². The van der Waals surface area contributed by atoms with Crippen LogP contribution >= 0.6 is 0 Å². The number of benzene rings is 1. The van der Waals surface area contributed by atoms with Gasteiger partial charge in [0, 0.05) is 11.8 Å². The van der Waals surface area contributed by atoms with E-state index in [0.717, 1.165) is 24.8 Å². The number of ether oxygens (including phenoxy) is 1. The van der Waals surface area contributed by atoms with Gasteiger partial charge in [-0.1, -0.05) is 30.3 Å². The van der Waals surface area contributed by atoms with Crippen LogP contribution in [0.5, 0.6) is 0 Å². The van der Waals surface area contributed by atoms with Crippen LogP contribution < -0.4 is 5.32 Å². The molecule has 4 heteroatoms. The number of hydrogen-bond donors (Lipinski definition) is 1. The Morgan fingerprint density at radius 2 is 1.64 bits per heavy atom. The van der Waals surface area contributed by atoms with E-state index in [9.17, 15) is 9.59 Å². The Morgan fingerprint density at radius 3 is 2.16 bits per heavy atom. The number of esters is 1. The number of hydrogen-bond acceptors (Lipinski definition) is 3. The minimum absolute atomic E-state index is 0.0814. The Hall–Kier alpha value is -1.84. The van der Waals surface area contributed by atoms with Gasteiger partial charge in [-0.15, -0.1) is 0 Å². The van der Waals surface area contributed by atoms with E-state index in [1.54, 1.807) is 0 Å². The lowest BCUT2D eigenvalue weighted by atomic mass is 9.49. The molecule has 25 heavy (non-hydrogen) atoms. The minimum atomic E-state index is -0.604. The zero-order valence-electron chi connectivity index (χ0n) is 14.9. The molecule has 0 aliphatic heterocycles. The average molecular weight is 341 g/mol. The molecule has 0 spiro atoms. The van der Waals surface area contributed by atoms with Crippen molar-refractivity contribution in [3.63, 3.8) is 0 Å². The van der Waals surface area contributed by atoms with Crippen LogP contribution in [-0.2, 0) is 20.7 Å². The van der Waals surface area contributed by atoms with Crippen LogP contribution in [0.4, 0.5) is 0 Å². The highest BCUT2D eigenvalue weighted by molar-refractivity contribution is 5.88. The third-order valence-corrected chi connectivity index (χ3v) is 6.59. The summed E-state index contributed by atoms with van der Waals surface area (Å²) in [6, 6.07) is 9.20. The van der Waals surface area contributed by atoms with E-state index >= 15 is 0 Å². The number of amides is 1. The second-order valence-corrected chi connectivity index (χ2v) is 8.44. The summed E-state index contributed by atoms with van der Waals surface area (Å²) in [5.74, 6) is 1.85. The van der Waals surface area contributed by atoms with E-state index in [-0.39, 0.29) is 17.3 Å². The molecular weight excluding hydrogens is 314 g/mol. The number of rotatable bonds is 5. The van der Waals surface area contributed by atoms with Crippen LogP contribution in [0.3, 0.4) is 0 Å². The van der Waals surface area contributed by atoms with Gasteiger partial charge in [0.15, 0.2) is 0 Å². The highest BCUT2D eigenvalue weighted by Gasteiger charge is 2.54. The van der Waals surface area contributed by atoms with Crippen molar-refractivity contribution in [2.45, 2.75) is 51.0 Å². The molecule has 134 valence electrons. The van der Waals surface area contributed by atoms with Gasteiger partial charge >= 0.3 is 5.97 Å². The number of carbonyl (C=O) groups is 2. The fourth-order valence-corrected chi connectivity index (χ4v) is 5.89. The molecule has 1 amide bonds. The van der Waals surface area contributed by atoms with Crippen molar-refractivity contribution in [3.8, 4) is 0 Å².